The summed E-state index contributed by atoms with van der Waals surface area (Å²) in [7, 11) is 0. The maximum atomic E-state index is 11.4. The van der Waals surface area contributed by atoms with Crippen molar-refractivity contribution in [3.63, 3.8) is 0 Å². The van der Waals surface area contributed by atoms with Crippen LogP contribution in [0.4, 0.5) is 11.4 Å². The van der Waals surface area contributed by atoms with E-state index in [0.717, 1.165) is 11.4 Å². The van der Waals surface area contributed by atoms with Gasteiger partial charge in [0.2, 0.25) is 11.8 Å². The molecule has 0 heterocycles. The first-order valence-electron chi connectivity index (χ1n) is 9.81. The topological polar surface area (TPSA) is 76.7 Å². The summed E-state index contributed by atoms with van der Waals surface area (Å²) in [5, 5.41) is 5.59. The molecule has 3 rings (SSSR count). The predicted molar refractivity (Wildman–Crippen MR) is 117 cm³/mol. The summed E-state index contributed by atoms with van der Waals surface area (Å²) in [5.74, 6) is 2.63. The molecule has 154 valence electrons. The van der Waals surface area contributed by atoms with Gasteiger partial charge in [-0.2, -0.15) is 0 Å². The minimum Gasteiger partial charge on any atom is -0.457 e. The third kappa shape index (κ3) is 6.10. The van der Waals surface area contributed by atoms with E-state index in [1.807, 2.05) is 38.1 Å². The number of hydrogen-bond acceptors (Lipinski definition) is 4. The number of anilines is 2. The highest BCUT2D eigenvalue weighted by Gasteiger charge is 2.03. The molecule has 0 bridgehead atoms. The van der Waals surface area contributed by atoms with Crippen LogP contribution < -0.4 is 20.1 Å². The van der Waals surface area contributed by atoms with Gasteiger partial charge in [-0.25, -0.2) is 0 Å². The van der Waals surface area contributed by atoms with Crippen molar-refractivity contribution in [1.29, 1.82) is 0 Å². The van der Waals surface area contributed by atoms with E-state index >= 15 is 0 Å². The molecule has 0 aromatic heterocycles. The lowest BCUT2D eigenvalue weighted by molar-refractivity contribution is -0.116. The van der Waals surface area contributed by atoms with Crippen LogP contribution in [0.5, 0.6) is 23.0 Å². The summed E-state index contributed by atoms with van der Waals surface area (Å²) in [6.07, 6.45) is 0.873. The van der Waals surface area contributed by atoms with Gasteiger partial charge in [-0.1, -0.05) is 13.8 Å². The Morgan fingerprint density at radius 1 is 0.567 bits per heavy atom. The Bertz CT molecular complexity index is 899. The fourth-order valence-corrected chi connectivity index (χ4v) is 2.56. The van der Waals surface area contributed by atoms with Crippen LogP contribution in [0.1, 0.15) is 26.7 Å². The van der Waals surface area contributed by atoms with Crippen LogP contribution in [0.3, 0.4) is 0 Å². The van der Waals surface area contributed by atoms with Crippen LogP contribution in [0.25, 0.3) is 0 Å². The number of carbonyl (C=O) groups excluding carboxylic acids is 2. The van der Waals surface area contributed by atoms with E-state index in [1.165, 1.54) is 0 Å². The van der Waals surface area contributed by atoms with E-state index in [0.29, 0.717) is 35.8 Å². The SMILES string of the molecule is CCC(=O)Nc1ccc(Oc2ccc(Oc3ccc(NC(=O)CC)cc3)cc2)cc1. The molecule has 3 aromatic carbocycles. The van der Waals surface area contributed by atoms with Gasteiger partial charge in [0.1, 0.15) is 23.0 Å². The number of carbonyl (C=O) groups is 2. The van der Waals surface area contributed by atoms with Crippen LogP contribution in [-0.2, 0) is 9.59 Å². The van der Waals surface area contributed by atoms with Gasteiger partial charge in [-0.3, -0.25) is 9.59 Å². The normalized spacial score (nSPS) is 10.2. The summed E-state index contributed by atoms with van der Waals surface area (Å²) in [5.41, 5.74) is 1.47. The molecule has 0 atom stereocenters. The molecule has 6 nitrogen and oxygen atoms in total. The van der Waals surface area contributed by atoms with E-state index < -0.39 is 0 Å². The molecule has 0 spiro atoms. The predicted octanol–water partition coefficient (Wildman–Crippen LogP) is 5.97. The number of nitrogens with one attached hydrogen (secondary N) is 2. The molecule has 6 heteroatoms. The number of rotatable bonds is 8. The molecule has 0 saturated carbocycles. The molecule has 0 aliphatic rings. The Hall–Kier alpha value is -3.80. The molecule has 0 aliphatic heterocycles. The average molecular weight is 404 g/mol. The third-order valence-electron chi connectivity index (χ3n) is 4.21. The molecule has 2 amide bonds. The largest absolute Gasteiger partial charge is 0.457 e. The maximum absolute atomic E-state index is 11.4. The Morgan fingerprint density at radius 3 is 1.10 bits per heavy atom. The molecular formula is C24H24N2O4. The standard InChI is InChI=1S/C24H24N2O4/c1-3-23(27)25-17-5-9-19(10-6-17)29-21-13-15-22(16-14-21)30-20-11-7-18(8-12-20)26-24(28)4-2/h5-16H,3-4H2,1-2H3,(H,25,27)(H,26,28). The first-order valence-corrected chi connectivity index (χ1v) is 9.81. The molecule has 2 N–H and O–H groups in total. The van der Waals surface area contributed by atoms with Gasteiger partial charge < -0.3 is 20.1 Å². The maximum Gasteiger partial charge on any atom is 0.224 e. The molecule has 0 radical (unpaired) electrons. The van der Waals surface area contributed by atoms with Crippen LogP contribution in [0, 0.1) is 0 Å². The monoisotopic (exact) mass is 404 g/mol. The second-order valence-corrected chi connectivity index (χ2v) is 6.53. The summed E-state index contributed by atoms with van der Waals surface area (Å²) >= 11 is 0. The second kappa shape index (κ2) is 10.1. The summed E-state index contributed by atoms with van der Waals surface area (Å²) in [6, 6.07) is 21.7. The van der Waals surface area contributed by atoms with Gasteiger partial charge in [0, 0.05) is 24.2 Å². The van der Waals surface area contributed by atoms with E-state index in [1.54, 1.807) is 48.5 Å². The molecule has 0 aliphatic carbocycles. The molecule has 30 heavy (non-hydrogen) atoms. The van der Waals surface area contributed by atoms with Crippen LogP contribution in [0.15, 0.2) is 72.8 Å². The van der Waals surface area contributed by atoms with Gasteiger partial charge >= 0.3 is 0 Å². The summed E-state index contributed by atoms with van der Waals surface area (Å²) in [4.78, 5) is 22.8. The van der Waals surface area contributed by atoms with Crippen molar-refractivity contribution in [3.8, 4) is 23.0 Å². The van der Waals surface area contributed by atoms with Crippen molar-refractivity contribution in [2.45, 2.75) is 26.7 Å². The third-order valence-corrected chi connectivity index (χ3v) is 4.21. The highest BCUT2D eigenvalue weighted by molar-refractivity contribution is 5.91. The Labute approximate surface area is 175 Å². The fraction of sp³-hybridized carbons (Fsp3) is 0.167. The van der Waals surface area contributed by atoms with E-state index in [4.69, 9.17) is 9.47 Å². The second-order valence-electron chi connectivity index (χ2n) is 6.53. The lowest BCUT2D eigenvalue weighted by atomic mass is 10.2. The summed E-state index contributed by atoms with van der Waals surface area (Å²) < 4.78 is 11.6. The summed E-state index contributed by atoms with van der Waals surface area (Å²) in [6.45, 7) is 3.62. The highest BCUT2D eigenvalue weighted by Crippen LogP contribution is 2.28. The Kier molecular flexibility index (Phi) is 7.05. The van der Waals surface area contributed by atoms with Crippen molar-refractivity contribution in [1.82, 2.24) is 0 Å². The Balaban J connectivity index is 1.56. The smallest absolute Gasteiger partial charge is 0.224 e. The average Bonchev–Trinajstić information content (AvgIpc) is 2.77. The quantitative estimate of drug-likeness (QED) is 0.485. The minimum atomic E-state index is -0.0281. The van der Waals surface area contributed by atoms with E-state index in [-0.39, 0.29) is 11.8 Å². The van der Waals surface area contributed by atoms with Crippen molar-refractivity contribution in [2.75, 3.05) is 10.6 Å². The zero-order valence-corrected chi connectivity index (χ0v) is 17.0. The van der Waals surface area contributed by atoms with Crippen LogP contribution >= 0.6 is 0 Å². The number of amides is 2. The van der Waals surface area contributed by atoms with Crippen molar-refractivity contribution in [2.24, 2.45) is 0 Å². The zero-order chi connectivity index (χ0) is 21.3. The van der Waals surface area contributed by atoms with Gasteiger partial charge in [0.15, 0.2) is 0 Å². The van der Waals surface area contributed by atoms with E-state index in [9.17, 15) is 9.59 Å². The molecule has 0 fully saturated rings. The van der Waals surface area contributed by atoms with Gasteiger partial charge in [0.05, 0.1) is 0 Å². The number of benzene rings is 3. The van der Waals surface area contributed by atoms with Gasteiger partial charge in [-0.15, -0.1) is 0 Å². The first kappa shape index (κ1) is 20.9. The van der Waals surface area contributed by atoms with Crippen molar-refractivity contribution >= 4 is 23.2 Å². The lowest BCUT2D eigenvalue weighted by Gasteiger charge is -2.10. The number of hydrogen-bond donors (Lipinski definition) is 2. The van der Waals surface area contributed by atoms with Gasteiger partial charge in [-0.05, 0) is 72.8 Å². The molecule has 0 unspecified atom stereocenters. The highest BCUT2D eigenvalue weighted by atomic mass is 16.5. The van der Waals surface area contributed by atoms with Crippen LogP contribution in [-0.4, -0.2) is 11.8 Å². The molecule has 3 aromatic rings. The minimum absolute atomic E-state index is 0.0281. The van der Waals surface area contributed by atoms with Crippen molar-refractivity contribution in [3.05, 3.63) is 72.8 Å². The fourth-order valence-electron chi connectivity index (χ4n) is 2.56. The zero-order valence-electron chi connectivity index (χ0n) is 17.0. The lowest BCUT2D eigenvalue weighted by Crippen LogP contribution is -2.09. The molecular weight excluding hydrogens is 380 g/mol. The van der Waals surface area contributed by atoms with E-state index in [2.05, 4.69) is 10.6 Å². The first-order chi connectivity index (χ1) is 14.6. The Morgan fingerprint density at radius 2 is 0.833 bits per heavy atom. The van der Waals surface area contributed by atoms with Crippen LogP contribution in [0.2, 0.25) is 0 Å². The van der Waals surface area contributed by atoms with Gasteiger partial charge in [0.25, 0.3) is 0 Å². The number of ether oxygens (including phenoxy) is 2. The van der Waals surface area contributed by atoms with Crippen molar-refractivity contribution < 1.29 is 19.1 Å². The molecule has 0 saturated heterocycles.